The van der Waals surface area contributed by atoms with E-state index in [4.69, 9.17) is 4.74 Å². The molecule has 6 nitrogen and oxygen atoms in total. The second-order valence-corrected chi connectivity index (χ2v) is 4.99. The number of halogens is 1. The van der Waals surface area contributed by atoms with E-state index in [1.54, 1.807) is 36.5 Å². The Morgan fingerprint density at radius 3 is 2.81 bits per heavy atom. The van der Waals surface area contributed by atoms with Gasteiger partial charge >= 0.3 is 5.97 Å². The molecule has 2 aromatic rings. The number of benzene rings is 1. The van der Waals surface area contributed by atoms with Gasteiger partial charge in [0.25, 0.3) is 5.91 Å². The summed E-state index contributed by atoms with van der Waals surface area (Å²) < 4.78 is 10.5. The Morgan fingerprint density at radius 1 is 1.33 bits per heavy atom. The molecular weight excluding hydrogens is 340 g/mol. The minimum absolute atomic E-state index is 0.183. The number of carbonyl (C=O) groups is 2. The van der Waals surface area contributed by atoms with Gasteiger partial charge in [0.1, 0.15) is 11.4 Å². The van der Waals surface area contributed by atoms with Crippen LogP contribution in [0.1, 0.15) is 10.5 Å². The summed E-state index contributed by atoms with van der Waals surface area (Å²) in [6.45, 7) is -0.183. The molecule has 0 atom stereocenters. The van der Waals surface area contributed by atoms with Crippen molar-refractivity contribution in [1.82, 2.24) is 4.98 Å². The number of ether oxygens (including phenoxy) is 2. The SMILES string of the molecule is COC(=O)COc1cccc(NC(=O)c2cc(Br)c[nH]2)c1. The van der Waals surface area contributed by atoms with Crippen molar-refractivity contribution in [2.45, 2.75) is 0 Å². The second kappa shape index (κ2) is 6.94. The number of nitrogens with one attached hydrogen (secondary N) is 2. The molecule has 1 aromatic heterocycles. The molecule has 1 amide bonds. The highest BCUT2D eigenvalue weighted by Gasteiger charge is 2.09. The van der Waals surface area contributed by atoms with E-state index in [1.807, 2.05) is 0 Å². The van der Waals surface area contributed by atoms with Crippen molar-refractivity contribution in [3.63, 3.8) is 0 Å². The number of hydrogen-bond acceptors (Lipinski definition) is 4. The van der Waals surface area contributed by atoms with Gasteiger partial charge in [0, 0.05) is 22.4 Å². The Hall–Kier alpha value is -2.28. The highest BCUT2D eigenvalue weighted by molar-refractivity contribution is 9.10. The second-order valence-electron chi connectivity index (χ2n) is 4.08. The first kappa shape index (κ1) is 15.1. The van der Waals surface area contributed by atoms with Crippen LogP contribution in [0.5, 0.6) is 5.75 Å². The predicted octanol–water partition coefficient (Wildman–Crippen LogP) is 2.58. The lowest BCUT2D eigenvalue weighted by Crippen LogP contribution is -2.14. The molecule has 0 radical (unpaired) electrons. The van der Waals surface area contributed by atoms with Crippen LogP contribution >= 0.6 is 15.9 Å². The molecule has 7 heteroatoms. The highest BCUT2D eigenvalue weighted by Crippen LogP contribution is 2.18. The number of methoxy groups -OCH3 is 1. The number of anilines is 1. The first-order valence-corrected chi connectivity index (χ1v) is 6.83. The lowest BCUT2D eigenvalue weighted by molar-refractivity contribution is -0.142. The topological polar surface area (TPSA) is 80.4 Å². The van der Waals surface area contributed by atoms with Crippen molar-refractivity contribution < 1.29 is 19.1 Å². The van der Waals surface area contributed by atoms with Gasteiger partial charge in [-0.25, -0.2) is 4.79 Å². The number of aromatic nitrogens is 1. The zero-order valence-electron chi connectivity index (χ0n) is 11.2. The van der Waals surface area contributed by atoms with Gasteiger partial charge in [0.2, 0.25) is 0 Å². The third-order valence-electron chi connectivity index (χ3n) is 2.57. The van der Waals surface area contributed by atoms with Crippen molar-refractivity contribution >= 4 is 33.5 Å². The summed E-state index contributed by atoms with van der Waals surface area (Å²) in [7, 11) is 1.29. The van der Waals surface area contributed by atoms with Gasteiger partial charge < -0.3 is 19.8 Å². The summed E-state index contributed by atoms with van der Waals surface area (Å²) in [4.78, 5) is 25.8. The molecule has 0 unspecified atom stereocenters. The Bertz CT molecular complexity index is 654. The van der Waals surface area contributed by atoms with E-state index in [9.17, 15) is 9.59 Å². The standard InChI is InChI=1S/C14H13BrN2O4/c1-20-13(18)8-21-11-4-2-3-10(6-11)17-14(19)12-5-9(15)7-16-12/h2-7,16H,8H2,1H3,(H,17,19). The van der Waals surface area contributed by atoms with Crippen molar-refractivity contribution in [3.05, 3.63) is 46.7 Å². The molecule has 2 rings (SSSR count). The van der Waals surface area contributed by atoms with Gasteiger partial charge in [-0.1, -0.05) is 6.07 Å². The maximum Gasteiger partial charge on any atom is 0.343 e. The van der Waals surface area contributed by atoms with Crippen LogP contribution in [0.4, 0.5) is 5.69 Å². The number of rotatable bonds is 5. The summed E-state index contributed by atoms with van der Waals surface area (Å²) in [6, 6.07) is 8.42. The van der Waals surface area contributed by atoms with Gasteiger partial charge in [-0.15, -0.1) is 0 Å². The van der Waals surface area contributed by atoms with Crippen molar-refractivity contribution in [3.8, 4) is 5.75 Å². The molecule has 0 fully saturated rings. The third-order valence-corrected chi connectivity index (χ3v) is 3.03. The number of amides is 1. The molecule has 1 heterocycles. The van der Waals surface area contributed by atoms with Crippen LogP contribution in [0, 0.1) is 0 Å². The molecule has 2 N–H and O–H groups in total. The van der Waals surface area contributed by atoms with Crippen LogP contribution in [-0.2, 0) is 9.53 Å². The molecule has 0 spiro atoms. The first-order chi connectivity index (χ1) is 10.1. The van der Waals surface area contributed by atoms with Crippen LogP contribution < -0.4 is 10.1 Å². The van der Waals surface area contributed by atoms with Crippen molar-refractivity contribution in [1.29, 1.82) is 0 Å². The van der Waals surface area contributed by atoms with Crippen molar-refractivity contribution in [2.75, 3.05) is 19.0 Å². The Morgan fingerprint density at radius 2 is 2.14 bits per heavy atom. The Balaban J connectivity index is 2.00. The number of aromatic amines is 1. The van der Waals surface area contributed by atoms with Crippen LogP contribution in [0.15, 0.2) is 41.0 Å². The molecule has 1 aromatic carbocycles. The van der Waals surface area contributed by atoms with E-state index in [2.05, 4.69) is 31.0 Å². The minimum atomic E-state index is -0.472. The zero-order chi connectivity index (χ0) is 15.2. The molecule has 0 aliphatic carbocycles. The molecule has 0 saturated carbocycles. The number of esters is 1. The maximum absolute atomic E-state index is 12.0. The Kier molecular flexibility index (Phi) is 4.99. The fraction of sp³-hybridized carbons (Fsp3) is 0.143. The summed E-state index contributed by atoms with van der Waals surface area (Å²) in [5.41, 5.74) is 0.996. The molecule has 0 bridgehead atoms. The fourth-order valence-corrected chi connectivity index (χ4v) is 1.91. The summed E-state index contributed by atoms with van der Waals surface area (Å²) in [5.74, 6) is -0.280. The van der Waals surface area contributed by atoms with E-state index in [0.717, 1.165) is 4.47 Å². The molecule has 0 aliphatic rings. The van der Waals surface area contributed by atoms with Gasteiger partial charge in [-0.2, -0.15) is 0 Å². The van der Waals surface area contributed by atoms with E-state index in [0.29, 0.717) is 17.1 Å². The lowest BCUT2D eigenvalue weighted by atomic mass is 10.3. The lowest BCUT2D eigenvalue weighted by Gasteiger charge is -2.08. The largest absolute Gasteiger partial charge is 0.482 e. The number of hydrogen-bond donors (Lipinski definition) is 2. The van der Waals surface area contributed by atoms with E-state index < -0.39 is 5.97 Å². The van der Waals surface area contributed by atoms with Crippen molar-refractivity contribution in [2.24, 2.45) is 0 Å². The van der Waals surface area contributed by atoms with E-state index in [1.165, 1.54) is 7.11 Å². The average molecular weight is 353 g/mol. The molecule has 110 valence electrons. The van der Waals surface area contributed by atoms with Crippen LogP contribution in [0.3, 0.4) is 0 Å². The average Bonchev–Trinajstić information content (AvgIpc) is 2.92. The van der Waals surface area contributed by atoms with E-state index in [-0.39, 0.29) is 12.5 Å². The van der Waals surface area contributed by atoms with Gasteiger partial charge in [-0.3, -0.25) is 4.79 Å². The fourth-order valence-electron chi connectivity index (χ4n) is 1.56. The third kappa shape index (κ3) is 4.35. The van der Waals surface area contributed by atoms with E-state index >= 15 is 0 Å². The zero-order valence-corrected chi connectivity index (χ0v) is 12.8. The number of H-pyrrole nitrogens is 1. The van der Waals surface area contributed by atoms with Gasteiger partial charge in [0.15, 0.2) is 6.61 Å². The summed E-state index contributed by atoms with van der Waals surface area (Å²) >= 11 is 3.26. The molecule has 21 heavy (non-hydrogen) atoms. The highest BCUT2D eigenvalue weighted by atomic mass is 79.9. The summed E-state index contributed by atoms with van der Waals surface area (Å²) in [5, 5.41) is 2.73. The minimum Gasteiger partial charge on any atom is -0.482 e. The first-order valence-electron chi connectivity index (χ1n) is 6.03. The van der Waals surface area contributed by atoms with Crippen LogP contribution in [0.25, 0.3) is 0 Å². The Labute approximate surface area is 129 Å². The van der Waals surface area contributed by atoms with Crippen LogP contribution in [0.2, 0.25) is 0 Å². The normalized spacial score (nSPS) is 10.0. The molecule has 0 saturated heterocycles. The predicted molar refractivity (Wildman–Crippen MR) is 80.4 cm³/mol. The molecular formula is C14H13BrN2O4. The quantitative estimate of drug-likeness (QED) is 0.810. The summed E-state index contributed by atoms with van der Waals surface area (Å²) in [6.07, 6.45) is 1.67. The smallest absolute Gasteiger partial charge is 0.343 e. The monoisotopic (exact) mass is 352 g/mol. The molecule has 0 aliphatic heterocycles. The number of carbonyl (C=O) groups excluding carboxylic acids is 2. The van der Waals surface area contributed by atoms with Crippen LogP contribution in [-0.4, -0.2) is 30.6 Å². The maximum atomic E-state index is 12.0. The van der Waals surface area contributed by atoms with Gasteiger partial charge in [0.05, 0.1) is 7.11 Å². The van der Waals surface area contributed by atoms with Gasteiger partial charge in [-0.05, 0) is 34.1 Å².